The maximum Gasteiger partial charge on any atom is 0.225 e. The van der Waals surface area contributed by atoms with E-state index in [1.54, 1.807) is 7.05 Å². The number of rotatable bonds is 7. The van der Waals surface area contributed by atoms with Crippen LogP contribution in [0.3, 0.4) is 0 Å². The van der Waals surface area contributed by atoms with Crippen LogP contribution >= 0.6 is 24.0 Å². The van der Waals surface area contributed by atoms with Crippen molar-refractivity contribution >= 4 is 41.5 Å². The molecule has 3 N–H and O–H groups in total. The third-order valence-corrected chi connectivity index (χ3v) is 6.18. The SMILES string of the molecule is CCC(CC)(CNC(=NC)NCC1CC(=O)Nc2ccccc21)c1ccccc1.I. The summed E-state index contributed by atoms with van der Waals surface area (Å²) in [6, 6.07) is 18.7. The van der Waals surface area contributed by atoms with Crippen LogP contribution in [0.1, 0.15) is 50.2 Å². The molecule has 1 atom stereocenters. The fourth-order valence-electron chi connectivity index (χ4n) is 4.18. The highest BCUT2D eigenvalue weighted by Crippen LogP contribution is 2.32. The van der Waals surface area contributed by atoms with Gasteiger partial charge in [-0.1, -0.05) is 62.4 Å². The van der Waals surface area contributed by atoms with E-state index in [2.05, 4.69) is 71.2 Å². The van der Waals surface area contributed by atoms with E-state index in [1.807, 2.05) is 18.2 Å². The molecule has 0 radical (unpaired) electrons. The molecule has 3 rings (SSSR count). The third kappa shape index (κ3) is 5.53. The van der Waals surface area contributed by atoms with Gasteiger partial charge >= 0.3 is 0 Å². The summed E-state index contributed by atoms with van der Waals surface area (Å²) in [5.74, 6) is 0.976. The Kier molecular flexibility index (Phi) is 9.14. The number of carbonyl (C=O) groups excluding carboxylic acids is 1. The van der Waals surface area contributed by atoms with Gasteiger partial charge in [-0.05, 0) is 30.0 Å². The third-order valence-electron chi connectivity index (χ3n) is 6.18. The second-order valence-corrected chi connectivity index (χ2v) is 7.70. The van der Waals surface area contributed by atoms with E-state index in [9.17, 15) is 4.79 Å². The van der Waals surface area contributed by atoms with E-state index in [4.69, 9.17) is 0 Å². The minimum Gasteiger partial charge on any atom is -0.356 e. The monoisotopic (exact) mass is 520 g/mol. The quantitative estimate of drug-likeness (QED) is 0.283. The van der Waals surface area contributed by atoms with Gasteiger partial charge in [0.25, 0.3) is 0 Å². The summed E-state index contributed by atoms with van der Waals surface area (Å²) in [4.78, 5) is 16.5. The highest BCUT2D eigenvalue weighted by Gasteiger charge is 2.29. The van der Waals surface area contributed by atoms with Crippen molar-refractivity contribution in [3.05, 3.63) is 65.7 Å². The van der Waals surface area contributed by atoms with Gasteiger partial charge in [-0.2, -0.15) is 0 Å². The molecule has 0 spiro atoms. The lowest BCUT2D eigenvalue weighted by atomic mass is 9.76. The van der Waals surface area contributed by atoms with Crippen LogP contribution in [0.25, 0.3) is 0 Å². The van der Waals surface area contributed by atoms with Gasteiger partial charge in [0, 0.05) is 43.6 Å². The number of benzene rings is 2. The van der Waals surface area contributed by atoms with Gasteiger partial charge in [-0.15, -0.1) is 24.0 Å². The summed E-state index contributed by atoms with van der Waals surface area (Å²) in [5, 5.41) is 9.91. The van der Waals surface area contributed by atoms with E-state index < -0.39 is 0 Å². The predicted octanol–water partition coefficient (Wildman–Crippen LogP) is 4.65. The summed E-state index contributed by atoms with van der Waals surface area (Å²) in [7, 11) is 1.79. The number of hydrogen-bond acceptors (Lipinski definition) is 2. The van der Waals surface area contributed by atoms with Crippen LogP contribution in [0.4, 0.5) is 5.69 Å². The van der Waals surface area contributed by atoms with E-state index in [0.29, 0.717) is 13.0 Å². The van der Waals surface area contributed by atoms with Gasteiger partial charge in [-0.25, -0.2) is 0 Å². The molecule has 1 unspecified atom stereocenters. The fourth-order valence-corrected chi connectivity index (χ4v) is 4.18. The van der Waals surface area contributed by atoms with Crippen LogP contribution in [0.2, 0.25) is 0 Å². The number of fused-ring (bicyclic) bond motifs is 1. The van der Waals surface area contributed by atoms with Crippen LogP contribution in [0, 0.1) is 0 Å². The highest BCUT2D eigenvalue weighted by molar-refractivity contribution is 14.0. The molecule has 0 fully saturated rings. The van der Waals surface area contributed by atoms with Crippen molar-refractivity contribution < 1.29 is 4.79 Å². The van der Waals surface area contributed by atoms with Crippen molar-refractivity contribution in [2.24, 2.45) is 4.99 Å². The molecule has 1 amide bonds. The van der Waals surface area contributed by atoms with Crippen molar-refractivity contribution in [3.63, 3.8) is 0 Å². The number of nitrogens with zero attached hydrogens (tertiary/aromatic N) is 1. The van der Waals surface area contributed by atoms with Gasteiger partial charge in [0.05, 0.1) is 0 Å². The first-order chi connectivity index (χ1) is 14.1. The normalized spacial score (nSPS) is 16.2. The number of guanidine groups is 1. The summed E-state index contributed by atoms with van der Waals surface area (Å²) in [6.45, 7) is 5.96. The van der Waals surface area contributed by atoms with Crippen molar-refractivity contribution in [1.82, 2.24) is 10.6 Å². The largest absolute Gasteiger partial charge is 0.356 e. The molecule has 0 saturated carbocycles. The van der Waals surface area contributed by atoms with Gasteiger partial charge < -0.3 is 16.0 Å². The smallest absolute Gasteiger partial charge is 0.225 e. The zero-order chi connectivity index (χ0) is 20.7. The number of aliphatic imine (C=N–C) groups is 1. The number of amides is 1. The zero-order valence-electron chi connectivity index (χ0n) is 18.1. The summed E-state index contributed by atoms with van der Waals surface area (Å²) in [6.07, 6.45) is 2.58. The van der Waals surface area contributed by atoms with E-state index in [0.717, 1.165) is 31.0 Å². The van der Waals surface area contributed by atoms with Crippen LogP contribution in [0.15, 0.2) is 59.6 Å². The average Bonchev–Trinajstić information content (AvgIpc) is 2.77. The molecule has 1 heterocycles. The number of anilines is 1. The van der Waals surface area contributed by atoms with Gasteiger partial charge in [-0.3, -0.25) is 9.79 Å². The predicted molar refractivity (Wildman–Crippen MR) is 136 cm³/mol. The number of hydrogen-bond donors (Lipinski definition) is 3. The second-order valence-electron chi connectivity index (χ2n) is 7.70. The van der Waals surface area contributed by atoms with E-state index in [1.165, 1.54) is 11.1 Å². The topological polar surface area (TPSA) is 65.5 Å². The number of carbonyl (C=O) groups is 1. The minimum atomic E-state index is 0. The molecule has 0 aromatic heterocycles. The number of para-hydroxylation sites is 1. The molecule has 0 aliphatic carbocycles. The van der Waals surface area contributed by atoms with Crippen LogP contribution in [0.5, 0.6) is 0 Å². The first-order valence-corrected chi connectivity index (χ1v) is 10.5. The first kappa shape index (κ1) is 24.2. The van der Waals surface area contributed by atoms with Crippen molar-refractivity contribution in [2.45, 2.75) is 44.4 Å². The molecule has 30 heavy (non-hydrogen) atoms. The van der Waals surface area contributed by atoms with Gasteiger partial charge in [0.1, 0.15) is 0 Å². The zero-order valence-corrected chi connectivity index (χ0v) is 20.4. The van der Waals surface area contributed by atoms with Crippen molar-refractivity contribution in [1.29, 1.82) is 0 Å². The van der Waals surface area contributed by atoms with Crippen molar-refractivity contribution in [3.8, 4) is 0 Å². The van der Waals surface area contributed by atoms with Crippen LogP contribution in [-0.4, -0.2) is 32.0 Å². The molecule has 2 aromatic carbocycles. The first-order valence-electron chi connectivity index (χ1n) is 10.5. The molecule has 1 aliphatic heterocycles. The van der Waals surface area contributed by atoms with E-state index in [-0.39, 0.29) is 41.2 Å². The van der Waals surface area contributed by atoms with Crippen molar-refractivity contribution in [2.75, 3.05) is 25.5 Å². The molecule has 0 saturated heterocycles. The lowest BCUT2D eigenvalue weighted by Crippen LogP contribution is -2.46. The van der Waals surface area contributed by atoms with Gasteiger partial charge in [0.2, 0.25) is 5.91 Å². The molecule has 5 nitrogen and oxygen atoms in total. The molecular formula is C24H33IN4O. The van der Waals surface area contributed by atoms with E-state index >= 15 is 0 Å². The Balaban J connectivity index is 0.00000320. The second kappa shape index (κ2) is 11.3. The Morgan fingerprint density at radius 1 is 1.07 bits per heavy atom. The molecule has 162 valence electrons. The Morgan fingerprint density at radius 3 is 2.40 bits per heavy atom. The lowest BCUT2D eigenvalue weighted by Gasteiger charge is -2.33. The maximum absolute atomic E-state index is 12.1. The Morgan fingerprint density at radius 2 is 1.73 bits per heavy atom. The average molecular weight is 520 g/mol. The minimum absolute atomic E-state index is 0. The molecule has 1 aliphatic rings. The number of halogens is 1. The molecule has 2 aromatic rings. The Labute approximate surface area is 197 Å². The molecule has 6 heteroatoms. The standard InChI is InChI=1S/C24H32N4O.HI/c1-4-24(5-2,19-11-7-6-8-12-19)17-27-23(25-3)26-16-18-15-22(29)28-21-14-10-9-13-20(18)21;/h6-14,18H,4-5,15-17H2,1-3H3,(H,28,29)(H2,25,26,27);1H. The summed E-state index contributed by atoms with van der Waals surface area (Å²) >= 11 is 0. The van der Waals surface area contributed by atoms with Crippen LogP contribution < -0.4 is 16.0 Å². The van der Waals surface area contributed by atoms with Crippen LogP contribution in [-0.2, 0) is 10.2 Å². The summed E-state index contributed by atoms with van der Waals surface area (Å²) < 4.78 is 0. The summed E-state index contributed by atoms with van der Waals surface area (Å²) in [5.41, 5.74) is 3.51. The maximum atomic E-state index is 12.1. The Bertz CT molecular complexity index is 849. The number of nitrogens with one attached hydrogen (secondary N) is 3. The Hall–Kier alpha value is -2.09. The molecular weight excluding hydrogens is 487 g/mol. The molecule has 0 bridgehead atoms. The lowest BCUT2D eigenvalue weighted by molar-refractivity contribution is -0.116. The fraction of sp³-hybridized carbons (Fsp3) is 0.417. The highest BCUT2D eigenvalue weighted by atomic mass is 127. The van der Waals surface area contributed by atoms with Gasteiger partial charge in [0.15, 0.2) is 5.96 Å².